The van der Waals surface area contributed by atoms with Crippen molar-refractivity contribution in [3.05, 3.63) is 18.2 Å². The smallest absolute Gasteiger partial charge is 0.201 e. The molecule has 21 heavy (non-hydrogen) atoms. The zero-order valence-electron chi connectivity index (χ0n) is 13.6. The molecule has 0 radical (unpaired) electrons. The van der Waals surface area contributed by atoms with Crippen molar-refractivity contribution in [3.63, 3.8) is 0 Å². The maximum atomic E-state index is 6.12. The third-order valence-electron chi connectivity index (χ3n) is 4.03. The largest absolute Gasteiger partial charge is 0.497 e. The monoisotopic (exact) mass is 289 g/mol. The number of rotatable bonds is 7. The number of methoxy groups -OCH3 is 1. The van der Waals surface area contributed by atoms with E-state index in [1.807, 2.05) is 18.2 Å². The standard InChI is InChI=1S/C17H27N3O/c1-5-6-7-10-17(2,3)12-20-15-9-8-13(21-4)11-14(15)19-16(20)18/h8-9,11H,5-7,10,12H2,1-4H3,(H2,18,19). The highest BCUT2D eigenvalue weighted by atomic mass is 16.5. The number of nitrogens with two attached hydrogens (primary N) is 1. The Bertz CT molecular complexity index is 601. The molecule has 0 atom stereocenters. The number of hydrogen-bond acceptors (Lipinski definition) is 3. The van der Waals surface area contributed by atoms with Crippen molar-refractivity contribution in [1.29, 1.82) is 0 Å². The Kier molecular flexibility index (Phi) is 4.76. The van der Waals surface area contributed by atoms with E-state index in [0.29, 0.717) is 5.95 Å². The molecule has 0 aliphatic heterocycles. The minimum Gasteiger partial charge on any atom is -0.497 e. The predicted octanol–water partition coefficient (Wildman–Crippen LogP) is 4.23. The summed E-state index contributed by atoms with van der Waals surface area (Å²) < 4.78 is 7.37. The van der Waals surface area contributed by atoms with Crippen LogP contribution >= 0.6 is 0 Å². The Morgan fingerprint density at radius 3 is 2.71 bits per heavy atom. The first-order chi connectivity index (χ1) is 9.96. The fraction of sp³-hybridized carbons (Fsp3) is 0.588. The highest BCUT2D eigenvalue weighted by Crippen LogP contribution is 2.30. The Morgan fingerprint density at radius 1 is 1.29 bits per heavy atom. The number of benzene rings is 1. The lowest BCUT2D eigenvalue weighted by molar-refractivity contribution is 0.276. The molecule has 0 fully saturated rings. The van der Waals surface area contributed by atoms with Crippen LogP contribution < -0.4 is 10.5 Å². The van der Waals surface area contributed by atoms with Crippen LogP contribution in [0, 0.1) is 5.41 Å². The fourth-order valence-electron chi connectivity index (χ4n) is 2.78. The average Bonchev–Trinajstić information content (AvgIpc) is 2.74. The van der Waals surface area contributed by atoms with Crippen LogP contribution in [-0.4, -0.2) is 16.7 Å². The molecule has 1 aromatic carbocycles. The van der Waals surface area contributed by atoms with E-state index < -0.39 is 0 Å². The van der Waals surface area contributed by atoms with Crippen molar-refractivity contribution in [3.8, 4) is 5.75 Å². The van der Waals surface area contributed by atoms with Crippen molar-refractivity contribution >= 4 is 17.0 Å². The van der Waals surface area contributed by atoms with Crippen LogP contribution in [0.2, 0.25) is 0 Å². The summed E-state index contributed by atoms with van der Waals surface area (Å²) in [4.78, 5) is 4.46. The molecule has 0 aliphatic rings. The van der Waals surface area contributed by atoms with Crippen molar-refractivity contribution in [2.45, 2.75) is 53.0 Å². The number of nitrogens with zero attached hydrogens (tertiary/aromatic N) is 2. The lowest BCUT2D eigenvalue weighted by Crippen LogP contribution is -2.20. The Labute approximate surface area is 127 Å². The topological polar surface area (TPSA) is 53.1 Å². The molecule has 1 heterocycles. The fourth-order valence-corrected chi connectivity index (χ4v) is 2.78. The van der Waals surface area contributed by atoms with E-state index in [-0.39, 0.29) is 5.41 Å². The Morgan fingerprint density at radius 2 is 2.05 bits per heavy atom. The van der Waals surface area contributed by atoms with Crippen LogP contribution in [0.4, 0.5) is 5.95 Å². The molecule has 0 saturated carbocycles. The van der Waals surface area contributed by atoms with Gasteiger partial charge in [-0.1, -0.05) is 40.0 Å². The summed E-state index contributed by atoms with van der Waals surface area (Å²) in [5.74, 6) is 1.40. The van der Waals surface area contributed by atoms with E-state index in [1.54, 1.807) is 7.11 Å². The van der Waals surface area contributed by atoms with Gasteiger partial charge in [-0.25, -0.2) is 4.98 Å². The van der Waals surface area contributed by atoms with E-state index in [9.17, 15) is 0 Å². The summed E-state index contributed by atoms with van der Waals surface area (Å²) in [6, 6.07) is 5.94. The summed E-state index contributed by atoms with van der Waals surface area (Å²) >= 11 is 0. The second-order valence-electron chi connectivity index (χ2n) is 6.53. The third kappa shape index (κ3) is 3.69. The van der Waals surface area contributed by atoms with Gasteiger partial charge in [0.25, 0.3) is 0 Å². The highest BCUT2D eigenvalue weighted by molar-refractivity contribution is 5.79. The first-order valence-corrected chi connectivity index (χ1v) is 7.76. The number of fused-ring (bicyclic) bond motifs is 1. The molecule has 2 rings (SSSR count). The average molecular weight is 289 g/mol. The molecule has 0 bridgehead atoms. The molecule has 4 nitrogen and oxygen atoms in total. The second-order valence-corrected chi connectivity index (χ2v) is 6.53. The third-order valence-corrected chi connectivity index (χ3v) is 4.03. The molecule has 116 valence electrons. The van der Waals surface area contributed by atoms with E-state index >= 15 is 0 Å². The molecule has 0 unspecified atom stereocenters. The van der Waals surface area contributed by atoms with Crippen LogP contribution in [0.1, 0.15) is 46.5 Å². The summed E-state index contributed by atoms with van der Waals surface area (Å²) in [5, 5.41) is 0. The SMILES string of the molecule is CCCCCC(C)(C)Cn1c(N)nc2cc(OC)ccc21. The van der Waals surface area contributed by atoms with Crippen LogP contribution in [-0.2, 0) is 6.54 Å². The summed E-state index contributed by atoms with van der Waals surface area (Å²) in [5.41, 5.74) is 8.32. The predicted molar refractivity (Wildman–Crippen MR) is 88.6 cm³/mol. The van der Waals surface area contributed by atoms with E-state index in [0.717, 1.165) is 23.3 Å². The normalized spacial score (nSPS) is 12.0. The van der Waals surface area contributed by atoms with Gasteiger partial charge >= 0.3 is 0 Å². The molecule has 2 N–H and O–H groups in total. The molecular formula is C17H27N3O. The number of aromatic nitrogens is 2. The van der Waals surface area contributed by atoms with Crippen LogP contribution in [0.25, 0.3) is 11.0 Å². The van der Waals surface area contributed by atoms with Gasteiger partial charge in [-0.2, -0.15) is 0 Å². The van der Waals surface area contributed by atoms with Crippen molar-refractivity contribution in [2.24, 2.45) is 5.41 Å². The summed E-state index contributed by atoms with van der Waals surface area (Å²) in [7, 11) is 1.67. The minimum atomic E-state index is 0.219. The van der Waals surface area contributed by atoms with Gasteiger partial charge in [-0.3, -0.25) is 0 Å². The summed E-state index contributed by atoms with van der Waals surface area (Å²) in [6.07, 6.45) is 5.02. The lowest BCUT2D eigenvalue weighted by Gasteiger charge is -2.26. The number of anilines is 1. The number of imidazole rings is 1. The van der Waals surface area contributed by atoms with Gasteiger partial charge in [0.1, 0.15) is 5.75 Å². The van der Waals surface area contributed by atoms with E-state index in [4.69, 9.17) is 10.5 Å². The number of nitrogen functional groups attached to an aromatic ring is 1. The van der Waals surface area contributed by atoms with Crippen LogP contribution in [0.15, 0.2) is 18.2 Å². The zero-order valence-corrected chi connectivity index (χ0v) is 13.6. The van der Waals surface area contributed by atoms with E-state index in [2.05, 4.69) is 30.3 Å². The highest BCUT2D eigenvalue weighted by Gasteiger charge is 2.21. The molecule has 0 aliphatic carbocycles. The molecule has 2 aromatic rings. The second kappa shape index (κ2) is 6.37. The Hall–Kier alpha value is -1.71. The quantitative estimate of drug-likeness (QED) is 0.776. The molecule has 0 saturated heterocycles. The minimum absolute atomic E-state index is 0.219. The van der Waals surface area contributed by atoms with Gasteiger partial charge < -0.3 is 15.0 Å². The van der Waals surface area contributed by atoms with Crippen molar-refractivity contribution in [1.82, 2.24) is 9.55 Å². The zero-order chi connectivity index (χ0) is 15.5. The van der Waals surface area contributed by atoms with Crippen molar-refractivity contribution in [2.75, 3.05) is 12.8 Å². The van der Waals surface area contributed by atoms with Gasteiger partial charge in [0, 0.05) is 12.6 Å². The first kappa shape index (κ1) is 15.7. The van der Waals surface area contributed by atoms with Gasteiger partial charge in [0.15, 0.2) is 0 Å². The van der Waals surface area contributed by atoms with E-state index in [1.165, 1.54) is 25.7 Å². The number of unbranched alkanes of at least 4 members (excludes halogenated alkanes) is 2. The lowest BCUT2D eigenvalue weighted by atomic mass is 9.86. The number of ether oxygens (including phenoxy) is 1. The number of hydrogen-bond donors (Lipinski definition) is 1. The van der Waals surface area contributed by atoms with Crippen LogP contribution in [0.3, 0.4) is 0 Å². The van der Waals surface area contributed by atoms with Gasteiger partial charge in [0.05, 0.1) is 18.1 Å². The van der Waals surface area contributed by atoms with Gasteiger partial charge in [0.2, 0.25) is 5.95 Å². The molecule has 0 amide bonds. The maximum absolute atomic E-state index is 6.12. The molecule has 4 heteroatoms. The molecular weight excluding hydrogens is 262 g/mol. The Balaban J connectivity index is 2.23. The first-order valence-electron chi connectivity index (χ1n) is 7.76. The van der Waals surface area contributed by atoms with Gasteiger partial charge in [-0.05, 0) is 24.0 Å². The van der Waals surface area contributed by atoms with Crippen LogP contribution in [0.5, 0.6) is 5.75 Å². The van der Waals surface area contributed by atoms with Gasteiger partial charge in [-0.15, -0.1) is 0 Å². The van der Waals surface area contributed by atoms with Crippen molar-refractivity contribution < 1.29 is 4.74 Å². The maximum Gasteiger partial charge on any atom is 0.201 e. The molecule has 1 aromatic heterocycles. The summed E-state index contributed by atoms with van der Waals surface area (Å²) in [6.45, 7) is 7.74. The molecule has 0 spiro atoms.